The van der Waals surface area contributed by atoms with Crippen molar-refractivity contribution in [3.8, 4) is 0 Å². The molecule has 0 unspecified atom stereocenters. The first-order valence-electron chi connectivity index (χ1n) is 11.4. The highest BCUT2D eigenvalue weighted by atomic mass is 16.2. The Morgan fingerprint density at radius 1 is 0.500 bits per heavy atom. The van der Waals surface area contributed by atoms with Gasteiger partial charge in [0.2, 0.25) is 0 Å². The molecule has 0 saturated heterocycles. The third kappa shape index (κ3) is 5.03. The van der Waals surface area contributed by atoms with E-state index in [9.17, 15) is 9.59 Å². The number of rotatable bonds is 6. The maximum Gasteiger partial charge on any atom is 0.271 e. The van der Waals surface area contributed by atoms with Crippen molar-refractivity contribution in [2.45, 2.75) is 0 Å². The summed E-state index contributed by atoms with van der Waals surface area (Å²) < 4.78 is 0. The largest absolute Gasteiger partial charge is 0.271 e. The summed E-state index contributed by atoms with van der Waals surface area (Å²) in [7, 11) is 0. The van der Waals surface area contributed by atoms with Crippen LogP contribution in [0.15, 0.2) is 119 Å². The van der Waals surface area contributed by atoms with E-state index in [0.717, 1.165) is 32.7 Å². The highest BCUT2D eigenvalue weighted by molar-refractivity contribution is 6.02. The van der Waals surface area contributed by atoms with Crippen LogP contribution in [0, 0.1) is 0 Å². The van der Waals surface area contributed by atoms with Crippen LogP contribution in [-0.2, 0) is 0 Å². The molecule has 5 aromatic carbocycles. The van der Waals surface area contributed by atoms with Gasteiger partial charge in [-0.2, -0.15) is 10.2 Å². The van der Waals surface area contributed by atoms with Crippen LogP contribution in [0.1, 0.15) is 31.8 Å². The van der Waals surface area contributed by atoms with Crippen LogP contribution in [0.25, 0.3) is 21.5 Å². The minimum absolute atomic E-state index is 0.368. The summed E-state index contributed by atoms with van der Waals surface area (Å²) in [6, 6.07) is 34.1. The number of hydrazone groups is 2. The topological polar surface area (TPSA) is 82.9 Å². The molecular weight excluding hydrogens is 448 g/mol. The predicted molar refractivity (Wildman–Crippen MR) is 144 cm³/mol. The number of nitrogens with one attached hydrogen (secondary N) is 2. The molecule has 0 spiro atoms. The van der Waals surface area contributed by atoms with Crippen LogP contribution in [0.5, 0.6) is 0 Å². The first kappa shape index (κ1) is 22.7. The van der Waals surface area contributed by atoms with Crippen LogP contribution in [0.2, 0.25) is 0 Å². The normalized spacial score (nSPS) is 11.3. The van der Waals surface area contributed by atoms with Crippen molar-refractivity contribution < 1.29 is 9.59 Å². The molecule has 0 aliphatic carbocycles. The van der Waals surface area contributed by atoms with E-state index >= 15 is 0 Å². The molecule has 0 radical (unpaired) electrons. The van der Waals surface area contributed by atoms with E-state index in [1.54, 1.807) is 36.7 Å². The molecule has 0 aliphatic rings. The number of nitrogens with zero attached hydrogens (tertiary/aromatic N) is 2. The highest BCUT2D eigenvalue weighted by Crippen LogP contribution is 2.17. The second kappa shape index (κ2) is 10.4. The van der Waals surface area contributed by atoms with Crippen molar-refractivity contribution in [1.29, 1.82) is 0 Å². The Labute approximate surface area is 208 Å². The minimum atomic E-state index is -0.368. The fourth-order valence-electron chi connectivity index (χ4n) is 3.95. The standard InChI is InChI=1S/C30H22N4O2/c35-29(33-31-19-25-11-5-9-21-7-1-3-13-27(21)25)23-15-17-24(18-16-23)30(36)34-32-20-26-12-6-10-22-8-2-4-14-28(22)26/h1-20H,(H,33,35)(H,34,36)/b31-19+,32-20+. The number of fused-ring (bicyclic) bond motifs is 2. The zero-order valence-corrected chi connectivity index (χ0v) is 19.3. The molecule has 0 aliphatic heterocycles. The fourth-order valence-corrected chi connectivity index (χ4v) is 3.95. The molecule has 0 bridgehead atoms. The van der Waals surface area contributed by atoms with Crippen molar-refractivity contribution >= 4 is 45.8 Å². The molecule has 5 rings (SSSR count). The fraction of sp³-hybridized carbons (Fsp3) is 0. The number of benzene rings is 5. The van der Waals surface area contributed by atoms with Crippen molar-refractivity contribution in [3.63, 3.8) is 0 Å². The maximum absolute atomic E-state index is 12.5. The van der Waals surface area contributed by atoms with Gasteiger partial charge in [0.05, 0.1) is 12.4 Å². The summed E-state index contributed by atoms with van der Waals surface area (Å²) in [5.41, 5.74) is 7.66. The van der Waals surface area contributed by atoms with E-state index in [0.29, 0.717) is 11.1 Å². The lowest BCUT2D eigenvalue weighted by Gasteiger charge is -2.04. The van der Waals surface area contributed by atoms with Gasteiger partial charge in [0, 0.05) is 22.3 Å². The summed E-state index contributed by atoms with van der Waals surface area (Å²) in [6.07, 6.45) is 3.24. The zero-order chi connectivity index (χ0) is 24.7. The first-order valence-corrected chi connectivity index (χ1v) is 11.4. The van der Waals surface area contributed by atoms with E-state index in [1.807, 2.05) is 84.9 Å². The predicted octanol–water partition coefficient (Wildman–Crippen LogP) is 5.52. The van der Waals surface area contributed by atoms with Crippen LogP contribution in [0.3, 0.4) is 0 Å². The third-order valence-electron chi connectivity index (χ3n) is 5.80. The Morgan fingerprint density at radius 3 is 1.33 bits per heavy atom. The van der Waals surface area contributed by atoms with Gasteiger partial charge in [-0.15, -0.1) is 0 Å². The number of carbonyl (C=O) groups is 2. The van der Waals surface area contributed by atoms with Crippen molar-refractivity contribution in [3.05, 3.63) is 131 Å². The molecule has 0 aromatic heterocycles. The SMILES string of the molecule is O=C(N/N=C/c1cccc2ccccc12)c1ccc(C(=O)N/N=C/c2cccc3ccccc23)cc1. The van der Waals surface area contributed by atoms with Gasteiger partial charge in [0.15, 0.2) is 0 Å². The van der Waals surface area contributed by atoms with E-state index in [1.165, 1.54) is 0 Å². The lowest BCUT2D eigenvalue weighted by Crippen LogP contribution is -2.19. The van der Waals surface area contributed by atoms with Gasteiger partial charge in [-0.05, 0) is 45.8 Å². The smallest absolute Gasteiger partial charge is 0.267 e. The second-order valence-corrected chi connectivity index (χ2v) is 8.11. The van der Waals surface area contributed by atoms with Gasteiger partial charge < -0.3 is 0 Å². The van der Waals surface area contributed by atoms with Crippen LogP contribution in [0.4, 0.5) is 0 Å². The minimum Gasteiger partial charge on any atom is -0.267 e. The molecule has 0 fully saturated rings. The Bertz CT molecular complexity index is 1490. The Kier molecular flexibility index (Phi) is 6.58. The lowest BCUT2D eigenvalue weighted by molar-refractivity contribution is 0.0943. The van der Waals surface area contributed by atoms with Crippen LogP contribution >= 0.6 is 0 Å². The molecule has 2 N–H and O–H groups in total. The molecular formula is C30H22N4O2. The summed E-state index contributed by atoms with van der Waals surface area (Å²) in [4.78, 5) is 24.9. The monoisotopic (exact) mass is 470 g/mol. The van der Waals surface area contributed by atoms with Crippen molar-refractivity contribution in [2.75, 3.05) is 0 Å². The van der Waals surface area contributed by atoms with Gasteiger partial charge in [0.1, 0.15) is 0 Å². The number of amides is 2. The van der Waals surface area contributed by atoms with Gasteiger partial charge in [-0.1, -0.05) is 84.9 Å². The Hall–Kier alpha value is -5.10. The van der Waals surface area contributed by atoms with E-state index < -0.39 is 0 Å². The van der Waals surface area contributed by atoms with Gasteiger partial charge in [-0.3, -0.25) is 9.59 Å². The molecule has 6 nitrogen and oxygen atoms in total. The molecule has 2 amide bonds. The molecule has 0 atom stereocenters. The molecule has 174 valence electrons. The van der Waals surface area contributed by atoms with Crippen LogP contribution < -0.4 is 10.9 Å². The molecule has 6 heteroatoms. The van der Waals surface area contributed by atoms with E-state index in [2.05, 4.69) is 21.1 Å². The summed E-state index contributed by atoms with van der Waals surface area (Å²) in [6.45, 7) is 0. The average Bonchev–Trinajstić information content (AvgIpc) is 2.93. The lowest BCUT2D eigenvalue weighted by atomic mass is 10.1. The molecule has 5 aromatic rings. The van der Waals surface area contributed by atoms with Gasteiger partial charge in [-0.25, -0.2) is 10.9 Å². The second-order valence-electron chi connectivity index (χ2n) is 8.11. The summed E-state index contributed by atoms with van der Waals surface area (Å²) >= 11 is 0. The Morgan fingerprint density at radius 2 is 0.889 bits per heavy atom. The first-order chi connectivity index (χ1) is 17.7. The summed E-state index contributed by atoms with van der Waals surface area (Å²) in [5, 5.41) is 12.5. The molecule has 0 saturated carbocycles. The quantitative estimate of drug-likeness (QED) is 0.253. The van der Waals surface area contributed by atoms with E-state index in [-0.39, 0.29) is 11.8 Å². The number of carbonyl (C=O) groups excluding carboxylic acids is 2. The maximum atomic E-state index is 12.5. The third-order valence-corrected chi connectivity index (χ3v) is 5.80. The zero-order valence-electron chi connectivity index (χ0n) is 19.3. The number of hydrogen-bond acceptors (Lipinski definition) is 4. The molecule has 0 heterocycles. The average molecular weight is 471 g/mol. The molecule has 36 heavy (non-hydrogen) atoms. The van der Waals surface area contributed by atoms with Crippen LogP contribution in [-0.4, -0.2) is 24.2 Å². The van der Waals surface area contributed by atoms with Crippen molar-refractivity contribution in [2.24, 2.45) is 10.2 Å². The van der Waals surface area contributed by atoms with E-state index in [4.69, 9.17) is 0 Å². The Balaban J connectivity index is 1.20. The number of hydrogen-bond donors (Lipinski definition) is 2. The van der Waals surface area contributed by atoms with Gasteiger partial charge >= 0.3 is 0 Å². The summed E-state index contributed by atoms with van der Waals surface area (Å²) in [5.74, 6) is -0.736. The van der Waals surface area contributed by atoms with Gasteiger partial charge in [0.25, 0.3) is 11.8 Å². The highest BCUT2D eigenvalue weighted by Gasteiger charge is 2.08. The van der Waals surface area contributed by atoms with Crippen molar-refractivity contribution in [1.82, 2.24) is 10.9 Å².